The maximum absolute atomic E-state index is 10.9. The second-order valence-electron chi connectivity index (χ2n) is 5.53. The van der Waals surface area contributed by atoms with Crippen molar-refractivity contribution in [2.45, 2.75) is 50.4 Å². The fraction of sp³-hybridized carbons (Fsp3) is 0.909. The number of rotatable bonds is 1. The Bertz CT molecular complexity index is 280. The highest BCUT2D eigenvalue weighted by Gasteiger charge is 2.46. The fourth-order valence-electron chi connectivity index (χ4n) is 2.83. The van der Waals surface area contributed by atoms with Crippen LogP contribution in [-0.2, 0) is 4.79 Å². The van der Waals surface area contributed by atoms with Gasteiger partial charge in [0.1, 0.15) is 6.04 Å². The van der Waals surface area contributed by atoms with Gasteiger partial charge in [-0.1, -0.05) is 20.3 Å². The Morgan fingerprint density at radius 2 is 2.20 bits per heavy atom. The maximum atomic E-state index is 10.9. The van der Waals surface area contributed by atoms with Crippen molar-refractivity contribution in [3.8, 4) is 0 Å². The molecule has 1 heterocycles. The molecule has 1 aliphatic carbocycles. The summed E-state index contributed by atoms with van der Waals surface area (Å²) in [5, 5.41) is 12.3. The van der Waals surface area contributed by atoms with Crippen molar-refractivity contribution in [1.29, 1.82) is 0 Å². The first-order valence-electron chi connectivity index (χ1n) is 5.57. The number of hydrogen-bond acceptors (Lipinski definition) is 3. The molecule has 0 amide bonds. The zero-order valence-corrected chi connectivity index (χ0v) is 10.2. The molecular formula is C11H19NO2S. The van der Waals surface area contributed by atoms with E-state index in [2.05, 4.69) is 19.2 Å². The van der Waals surface area contributed by atoms with E-state index in [4.69, 9.17) is 5.11 Å². The van der Waals surface area contributed by atoms with Gasteiger partial charge in [0, 0.05) is 5.75 Å². The molecule has 0 radical (unpaired) electrons. The Morgan fingerprint density at radius 3 is 2.73 bits per heavy atom. The van der Waals surface area contributed by atoms with Crippen LogP contribution in [0.25, 0.3) is 0 Å². The first kappa shape index (κ1) is 11.3. The van der Waals surface area contributed by atoms with Gasteiger partial charge in [0.05, 0.1) is 4.87 Å². The van der Waals surface area contributed by atoms with E-state index >= 15 is 0 Å². The van der Waals surface area contributed by atoms with Gasteiger partial charge in [-0.15, -0.1) is 11.8 Å². The van der Waals surface area contributed by atoms with Crippen molar-refractivity contribution < 1.29 is 9.90 Å². The van der Waals surface area contributed by atoms with Crippen molar-refractivity contribution in [2.75, 3.05) is 5.75 Å². The normalized spacial score (nSPS) is 39.5. The SMILES string of the molecule is CC1(C)CCCC2(C1)N[C@H](C(=O)O)CS2. The molecule has 2 N–H and O–H groups in total. The third-order valence-corrected chi connectivity index (χ3v) is 4.98. The zero-order chi connectivity index (χ0) is 11.1. The van der Waals surface area contributed by atoms with Crippen LogP contribution in [0.15, 0.2) is 0 Å². The third-order valence-electron chi connectivity index (χ3n) is 3.46. The van der Waals surface area contributed by atoms with E-state index in [1.807, 2.05) is 11.8 Å². The molecule has 1 spiro atoms. The summed E-state index contributed by atoms with van der Waals surface area (Å²) in [7, 11) is 0. The number of carbonyl (C=O) groups is 1. The summed E-state index contributed by atoms with van der Waals surface area (Å²) in [6, 6.07) is -0.344. The molecule has 86 valence electrons. The molecular weight excluding hydrogens is 210 g/mol. The Hall–Kier alpha value is -0.220. The van der Waals surface area contributed by atoms with E-state index in [1.165, 1.54) is 12.8 Å². The molecule has 0 bridgehead atoms. The van der Waals surface area contributed by atoms with Crippen LogP contribution in [-0.4, -0.2) is 27.7 Å². The summed E-state index contributed by atoms with van der Waals surface area (Å²) in [5.41, 5.74) is 0.353. The van der Waals surface area contributed by atoms with Crippen molar-refractivity contribution in [1.82, 2.24) is 5.32 Å². The second-order valence-corrected chi connectivity index (χ2v) is 6.94. The lowest BCUT2D eigenvalue weighted by molar-refractivity contribution is -0.139. The quantitative estimate of drug-likeness (QED) is 0.722. The number of aliphatic carboxylic acids is 1. The Kier molecular flexibility index (Phi) is 2.75. The van der Waals surface area contributed by atoms with Crippen LogP contribution in [0.4, 0.5) is 0 Å². The number of nitrogens with one attached hydrogen (secondary N) is 1. The molecule has 3 nitrogen and oxygen atoms in total. The minimum absolute atomic E-state index is 0.0464. The number of carboxylic acids is 1. The minimum atomic E-state index is -0.706. The summed E-state index contributed by atoms with van der Waals surface area (Å²) in [5.74, 6) is 0.00792. The standard InChI is InChI=1S/C11H19NO2S/c1-10(2)4-3-5-11(7-10)12-8(6-15-11)9(13)14/h8,12H,3-7H2,1-2H3,(H,13,14)/t8-,11?/m0/s1. The first-order chi connectivity index (χ1) is 6.93. The second kappa shape index (κ2) is 3.67. The molecule has 2 aliphatic rings. The molecule has 1 saturated carbocycles. The number of thioether (sulfide) groups is 1. The van der Waals surface area contributed by atoms with E-state index in [1.54, 1.807) is 0 Å². The molecule has 0 aromatic carbocycles. The summed E-state index contributed by atoms with van der Waals surface area (Å²) in [6.07, 6.45) is 4.67. The van der Waals surface area contributed by atoms with Crippen LogP contribution in [0.1, 0.15) is 39.5 Å². The molecule has 4 heteroatoms. The summed E-state index contributed by atoms with van der Waals surface area (Å²) >= 11 is 1.81. The number of carboxylic acid groups (broad SMARTS) is 1. The van der Waals surface area contributed by atoms with Gasteiger partial charge in [0.25, 0.3) is 0 Å². The van der Waals surface area contributed by atoms with Gasteiger partial charge in [-0.05, 0) is 24.7 Å². The van der Waals surface area contributed by atoms with Crippen LogP contribution >= 0.6 is 11.8 Å². The van der Waals surface area contributed by atoms with Gasteiger partial charge in [-0.3, -0.25) is 10.1 Å². The largest absolute Gasteiger partial charge is 0.480 e. The molecule has 15 heavy (non-hydrogen) atoms. The zero-order valence-electron chi connectivity index (χ0n) is 9.38. The third kappa shape index (κ3) is 2.31. The minimum Gasteiger partial charge on any atom is -0.480 e. The van der Waals surface area contributed by atoms with Gasteiger partial charge < -0.3 is 5.11 Å². The van der Waals surface area contributed by atoms with Crippen molar-refractivity contribution in [3.05, 3.63) is 0 Å². The lowest BCUT2D eigenvalue weighted by Crippen LogP contribution is -2.49. The summed E-state index contributed by atoms with van der Waals surface area (Å²) in [6.45, 7) is 4.56. The highest BCUT2D eigenvalue weighted by atomic mass is 32.2. The van der Waals surface area contributed by atoms with E-state index < -0.39 is 5.97 Å². The Morgan fingerprint density at radius 1 is 1.47 bits per heavy atom. The molecule has 0 aromatic rings. The van der Waals surface area contributed by atoms with Crippen LogP contribution in [0, 0.1) is 5.41 Å². The lowest BCUT2D eigenvalue weighted by atomic mass is 9.74. The van der Waals surface area contributed by atoms with Crippen LogP contribution < -0.4 is 5.32 Å². The fourth-order valence-corrected chi connectivity index (χ4v) is 4.54. The molecule has 2 rings (SSSR count). The van der Waals surface area contributed by atoms with Crippen molar-refractivity contribution in [2.24, 2.45) is 5.41 Å². The predicted octanol–water partition coefficient (Wildman–Crippen LogP) is 2.07. The van der Waals surface area contributed by atoms with E-state index in [0.717, 1.165) is 12.8 Å². The molecule has 1 saturated heterocycles. The Balaban J connectivity index is 2.06. The number of hydrogen-bond donors (Lipinski definition) is 2. The van der Waals surface area contributed by atoms with E-state index in [0.29, 0.717) is 11.2 Å². The predicted molar refractivity (Wildman–Crippen MR) is 62.0 cm³/mol. The average Bonchev–Trinajstić information content (AvgIpc) is 2.46. The summed E-state index contributed by atoms with van der Waals surface area (Å²) < 4.78 is 0. The van der Waals surface area contributed by atoms with Crippen LogP contribution in [0.3, 0.4) is 0 Å². The first-order valence-corrected chi connectivity index (χ1v) is 6.56. The highest BCUT2D eigenvalue weighted by Crippen LogP contribution is 2.49. The monoisotopic (exact) mass is 229 g/mol. The van der Waals surface area contributed by atoms with Crippen molar-refractivity contribution in [3.63, 3.8) is 0 Å². The van der Waals surface area contributed by atoms with Crippen LogP contribution in [0.2, 0.25) is 0 Å². The van der Waals surface area contributed by atoms with E-state index in [9.17, 15) is 4.79 Å². The van der Waals surface area contributed by atoms with Gasteiger partial charge >= 0.3 is 5.97 Å². The Labute approximate surface area is 95.0 Å². The van der Waals surface area contributed by atoms with Gasteiger partial charge in [0.2, 0.25) is 0 Å². The van der Waals surface area contributed by atoms with Crippen molar-refractivity contribution >= 4 is 17.7 Å². The molecule has 2 atom stereocenters. The molecule has 0 aromatic heterocycles. The topological polar surface area (TPSA) is 49.3 Å². The smallest absolute Gasteiger partial charge is 0.321 e. The van der Waals surface area contributed by atoms with Crippen LogP contribution in [0.5, 0.6) is 0 Å². The van der Waals surface area contributed by atoms with Gasteiger partial charge in [0.15, 0.2) is 0 Å². The summed E-state index contributed by atoms with van der Waals surface area (Å²) in [4.78, 5) is 11.0. The molecule has 2 fully saturated rings. The van der Waals surface area contributed by atoms with Gasteiger partial charge in [-0.2, -0.15) is 0 Å². The van der Waals surface area contributed by atoms with E-state index in [-0.39, 0.29) is 10.9 Å². The maximum Gasteiger partial charge on any atom is 0.321 e. The molecule has 1 aliphatic heterocycles. The van der Waals surface area contributed by atoms with Gasteiger partial charge in [-0.25, -0.2) is 0 Å². The lowest BCUT2D eigenvalue weighted by Gasteiger charge is -2.42. The average molecular weight is 229 g/mol. The highest BCUT2D eigenvalue weighted by molar-refractivity contribution is 8.01. The molecule has 1 unspecified atom stereocenters.